The number of aromatic nitrogens is 1. The molecule has 0 spiro atoms. The number of rotatable bonds is 2. The van der Waals surface area contributed by atoms with Crippen LogP contribution in [0.1, 0.15) is 25.6 Å². The van der Waals surface area contributed by atoms with Gasteiger partial charge in [-0.25, -0.2) is 4.98 Å². The van der Waals surface area contributed by atoms with Crippen LogP contribution >= 0.6 is 11.3 Å². The Kier molecular flexibility index (Phi) is 2.78. The number of thiazole rings is 1. The number of carbonyl (C=O) groups is 1. The van der Waals surface area contributed by atoms with Crippen LogP contribution in [0, 0.1) is 0 Å². The first-order valence-corrected chi connectivity index (χ1v) is 4.46. The van der Waals surface area contributed by atoms with Gasteiger partial charge in [-0.1, -0.05) is 0 Å². The summed E-state index contributed by atoms with van der Waals surface area (Å²) in [7, 11) is 0. The number of nitrogens with zero attached hydrogens (tertiary/aromatic N) is 1. The van der Waals surface area contributed by atoms with Gasteiger partial charge in [-0.05, 0) is 6.92 Å². The van der Waals surface area contributed by atoms with Crippen molar-refractivity contribution in [3.8, 4) is 0 Å². The molecule has 1 atom stereocenters. The molecule has 0 aliphatic carbocycles. The van der Waals surface area contributed by atoms with Crippen molar-refractivity contribution in [3.63, 3.8) is 0 Å². The number of anilines is 1. The fourth-order valence-corrected chi connectivity index (χ4v) is 1.56. The minimum Gasteiger partial charge on any atom is -0.323 e. The molecule has 0 bridgehead atoms. The predicted molar refractivity (Wildman–Crippen MR) is 49.0 cm³/mol. The molecular formula is C7H11N3OS. The Morgan fingerprint density at radius 1 is 1.83 bits per heavy atom. The molecule has 5 heteroatoms. The molecule has 4 nitrogen and oxygen atoms in total. The monoisotopic (exact) mass is 185 g/mol. The molecule has 0 saturated carbocycles. The average Bonchev–Trinajstić information content (AvgIpc) is 2.34. The molecule has 0 aliphatic rings. The van der Waals surface area contributed by atoms with Gasteiger partial charge in [-0.3, -0.25) is 4.79 Å². The van der Waals surface area contributed by atoms with E-state index in [0.29, 0.717) is 5.13 Å². The summed E-state index contributed by atoms with van der Waals surface area (Å²) in [5.74, 6) is -0.111. The molecule has 0 aromatic carbocycles. The summed E-state index contributed by atoms with van der Waals surface area (Å²) in [6, 6.07) is -0.0799. The lowest BCUT2D eigenvalue weighted by Gasteiger charge is -1.97. The van der Waals surface area contributed by atoms with Crippen LogP contribution < -0.4 is 11.1 Å². The zero-order valence-electron chi connectivity index (χ0n) is 7.00. The molecule has 0 fully saturated rings. The summed E-state index contributed by atoms with van der Waals surface area (Å²) < 4.78 is 0. The van der Waals surface area contributed by atoms with Gasteiger partial charge < -0.3 is 11.1 Å². The molecule has 1 aromatic rings. The van der Waals surface area contributed by atoms with E-state index in [2.05, 4.69) is 10.3 Å². The Morgan fingerprint density at radius 2 is 2.50 bits per heavy atom. The average molecular weight is 185 g/mol. The third-order valence-electron chi connectivity index (χ3n) is 1.27. The van der Waals surface area contributed by atoms with Crippen molar-refractivity contribution in [1.29, 1.82) is 0 Å². The lowest BCUT2D eigenvalue weighted by molar-refractivity contribution is -0.114. The van der Waals surface area contributed by atoms with E-state index in [0.717, 1.165) is 5.69 Å². The van der Waals surface area contributed by atoms with Crippen LogP contribution in [-0.4, -0.2) is 10.9 Å². The maximum atomic E-state index is 10.6. The molecule has 66 valence electrons. The number of hydrogen-bond acceptors (Lipinski definition) is 4. The third-order valence-corrected chi connectivity index (χ3v) is 2.05. The Hall–Kier alpha value is -0.940. The fourth-order valence-electron chi connectivity index (χ4n) is 0.703. The highest BCUT2D eigenvalue weighted by Gasteiger charge is 2.05. The molecule has 3 N–H and O–H groups in total. The molecule has 1 heterocycles. The first kappa shape index (κ1) is 9.15. The van der Waals surface area contributed by atoms with E-state index in [1.165, 1.54) is 18.3 Å². The molecule has 12 heavy (non-hydrogen) atoms. The van der Waals surface area contributed by atoms with Crippen molar-refractivity contribution in [3.05, 3.63) is 11.1 Å². The van der Waals surface area contributed by atoms with Crippen LogP contribution in [0.2, 0.25) is 0 Å². The van der Waals surface area contributed by atoms with Crippen molar-refractivity contribution >= 4 is 22.4 Å². The van der Waals surface area contributed by atoms with Gasteiger partial charge in [-0.15, -0.1) is 11.3 Å². The van der Waals surface area contributed by atoms with Crippen LogP contribution in [0.4, 0.5) is 5.13 Å². The summed E-state index contributed by atoms with van der Waals surface area (Å²) in [5.41, 5.74) is 6.40. The van der Waals surface area contributed by atoms with Gasteiger partial charge in [-0.2, -0.15) is 0 Å². The second-order valence-corrected chi connectivity index (χ2v) is 3.41. The summed E-state index contributed by atoms with van der Waals surface area (Å²) in [5, 5.41) is 5.04. The SMILES string of the molecule is CC(=O)Nc1nc([C@H](C)N)cs1. The molecule has 1 aromatic heterocycles. The largest absolute Gasteiger partial charge is 0.323 e. The standard InChI is InChI=1S/C7H11N3OS/c1-4(8)6-3-12-7(10-6)9-5(2)11/h3-4H,8H2,1-2H3,(H,9,10,11)/t4-/m0/s1. The van der Waals surface area contributed by atoms with E-state index in [4.69, 9.17) is 5.73 Å². The van der Waals surface area contributed by atoms with Crippen LogP contribution in [0.5, 0.6) is 0 Å². The zero-order chi connectivity index (χ0) is 9.14. The van der Waals surface area contributed by atoms with Crippen LogP contribution in [0.15, 0.2) is 5.38 Å². The number of nitrogens with two attached hydrogens (primary N) is 1. The molecule has 0 saturated heterocycles. The highest BCUT2D eigenvalue weighted by molar-refractivity contribution is 7.13. The Balaban J connectivity index is 2.70. The van der Waals surface area contributed by atoms with Crippen molar-refractivity contribution in [1.82, 2.24) is 4.98 Å². The van der Waals surface area contributed by atoms with Gasteiger partial charge in [0.15, 0.2) is 5.13 Å². The van der Waals surface area contributed by atoms with E-state index < -0.39 is 0 Å². The van der Waals surface area contributed by atoms with Crippen molar-refractivity contribution in [2.45, 2.75) is 19.9 Å². The lowest BCUT2D eigenvalue weighted by atomic mass is 10.3. The lowest BCUT2D eigenvalue weighted by Crippen LogP contribution is -2.08. The molecule has 1 amide bonds. The van der Waals surface area contributed by atoms with Crippen LogP contribution in [0.3, 0.4) is 0 Å². The molecule has 0 radical (unpaired) electrons. The Morgan fingerprint density at radius 3 is 2.92 bits per heavy atom. The quantitative estimate of drug-likeness (QED) is 0.725. The van der Waals surface area contributed by atoms with Gasteiger partial charge in [0.05, 0.1) is 5.69 Å². The highest BCUT2D eigenvalue weighted by Crippen LogP contribution is 2.18. The van der Waals surface area contributed by atoms with Crippen LogP contribution in [0.25, 0.3) is 0 Å². The summed E-state index contributed by atoms with van der Waals surface area (Å²) >= 11 is 1.38. The van der Waals surface area contributed by atoms with E-state index in [1.54, 1.807) is 0 Å². The number of carbonyl (C=O) groups excluding carboxylic acids is 1. The fraction of sp³-hybridized carbons (Fsp3) is 0.429. The molecule has 0 unspecified atom stereocenters. The number of nitrogens with one attached hydrogen (secondary N) is 1. The third kappa shape index (κ3) is 2.28. The molecular weight excluding hydrogens is 174 g/mol. The predicted octanol–water partition coefficient (Wildman–Crippen LogP) is 1.12. The Bertz CT molecular complexity index is 282. The van der Waals surface area contributed by atoms with E-state index in [1.807, 2.05) is 12.3 Å². The topological polar surface area (TPSA) is 68.0 Å². The maximum Gasteiger partial charge on any atom is 0.223 e. The Labute approximate surface area is 74.8 Å². The summed E-state index contributed by atoms with van der Waals surface area (Å²) in [4.78, 5) is 14.7. The van der Waals surface area contributed by atoms with Gasteiger partial charge in [0.2, 0.25) is 5.91 Å². The van der Waals surface area contributed by atoms with E-state index in [-0.39, 0.29) is 11.9 Å². The second-order valence-electron chi connectivity index (χ2n) is 2.55. The molecule has 0 aliphatic heterocycles. The minimum atomic E-state index is -0.111. The van der Waals surface area contributed by atoms with Gasteiger partial charge in [0.1, 0.15) is 0 Å². The first-order chi connectivity index (χ1) is 5.59. The normalized spacial score (nSPS) is 12.6. The minimum absolute atomic E-state index is 0.0799. The van der Waals surface area contributed by atoms with Gasteiger partial charge in [0, 0.05) is 18.3 Å². The zero-order valence-corrected chi connectivity index (χ0v) is 7.81. The summed E-state index contributed by atoms with van der Waals surface area (Å²) in [6.45, 7) is 3.31. The second kappa shape index (κ2) is 3.64. The van der Waals surface area contributed by atoms with E-state index in [9.17, 15) is 4.79 Å². The van der Waals surface area contributed by atoms with Crippen molar-refractivity contribution < 1.29 is 4.79 Å². The highest BCUT2D eigenvalue weighted by atomic mass is 32.1. The maximum absolute atomic E-state index is 10.6. The molecule has 1 rings (SSSR count). The smallest absolute Gasteiger partial charge is 0.223 e. The van der Waals surface area contributed by atoms with Crippen molar-refractivity contribution in [2.75, 3.05) is 5.32 Å². The number of amides is 1. The van der Waals surface area contributed by atoms with Crippen molar-refractivity contribution in [2.24, 2.45) is 5.73 Å². The van der Waals surface area contributed by atoms with Gasteiger partial charge in [0.25, 0.3) is 0 Å². The first-order valence-electron chi connectivity index (χ1n) is 3.58. The van der Waals surface area contributed by atoms with Gasteiger partial charge >= 0.3 is 0 Å². The van der Waals surface area contributed by atoms with E-state index >= 15 is 0 Å². The number of hydrogen-bond donors (Lipinski definition) is 2. The van der Waals surface area contributed by atoms with Crippen LogP contribution in [-0.2, 0) is 4.79 Å². The summed E-state index contributed by atoms with van der Waals surface area (Å²) in [6.07, 6.45) is 0.